The monoisotopic (exact) mass is 394 g/mol. The molecule has 0 atom stereocenters. The molecule has 0 radical (unpaired) electrons. The van der Waals surface area contributed by atoms with Gasteiger partial charge >= 0.3 is 0 Å². The van der Waals surface area contributed by atoms with Gasteiger partial charge in [-0.1, -0.05) is 0 Å². The summed E-state index contributed by atoms with van der Waals surface area (Å²) in [4.78, 5) is 38.8. The standard InChI is InChI=1S/2C7H7N3O4/c1-4-2-5(8)7(10(13)14)3-6(4)9(11)12;1-4-2-5(9(11)12)3-6(7(4)8)10(13)14/h2*2-3H,8H2,1H3. The van der Waals surface area contributed by atoms with Crippen molar-refractivity contribution in [2.24, 2.45) is 0 Å². The van der Waals surface area contributed by atoms with Crippen molar-refractivity contribution in [1.29, 1.82) is 0 Å². The second-order valence-electron chi connectivity index (χ2n) is 5.42. The van der Waals surface area contributed by atoms with Crippen LogP contribution in [-0.4, -0.2) is 19.7 Å². The van der Waals surface area contributed by atoms with E-state index in [1.165, 1.54) is 26.0 Å². The Labute approximate surface area is 156 Å². The molecule has 0 heterocycles. The van der Waals surface area contributed by atoms with Gasteiger partial charge in [0.05, 0.1) is 31.8 Å². The molecule has 0 saturated carbocycles. The molecule has 2 aromatic rings. The molecular formula is C14H14N6O8. The van der Waals surface area contributed by atoms with Gasteiger partial charge in [0.15, 0.2) is 0 Å². The summed E-state index contributed by atoms with van der Waals surface area (Å²) in [7, 11) is 0. The first-order valence-corrected chi connectivity index (χ1v) is 7.24. The number of nitrogen functional groups attached to an aromatic ring is 2. The minimum atomic E-state index is -0.748. The first-order valence-electron chi connectivity index (χ1n) is 7.24. The maximum absolute atomic E-state index is 10.5. The molecule has 4 N–H and O–H groups in total. The van der Waals surface area contributed by atoms with Crippen LogP contribution in [0.5, 0.6) is 0 Å². The van der Waals surface area contributed by atoms with Crippen molar-refractivity contribution in [3.8, 4) is 0 Å². The second-order valence-corrected chi connectivity index (χ2v) is 5.42. The maximum Gasteiger partial charge on any atom is 0.299 e. The Morgan fingerprint density at radius 1 is 0.643 bits per heavy atom. The van der Waals surface area contributed by atoms with Crippen molar-refractivity contribution >= 4 is 34.1 Å². The zero-order chi connectivity index (χ0) is 21.8. The minimum Gasteiger partial charge on any atom is -0.393 e. The van der Waals surface area contributed by atoms with E-state index in [-0.39, 0.29) is 22.7 Å². The number of nitro benzene ring substituents is 4. The number of hydrogen-bond donors (Lipinski definition) is 2. The van der Waals surface area contributed by atoms with Crippen LogP contribution in [0.25, 0.3) is 0 Å². The number of anilines is 2. The van der Waals surface area contributed by atoms with Gasteiger partial charge < -0.3 is 11.5 Å². The van der Waals surface area contributed by atoms with Gasteiger partial charge in [0, 0.05) is 11.6 Å². The Hall–Kier alpha value is -4.36. The predicted molar refractivity (Wildman–Crippen MR) is 97.8 cm³/mol. The van der Waals surface area contributed by atoms with Crippen LogP contribution in [0, 0.1) is 54.3 Å². The first-order chi connectivity index (χ1) is 12.9. The molecule has 14 heteroatoms. The van der Waals surface area contributed by atoms with Gasteiger partial charge in [-0.05, 0) is 25.5 Å². The Kier molecular flexibility index (Phi) is 6.46. The zero-order valence-electron chi connectivity index (χ0n) is 14.5. The number of nitrogens with two attached hydrogens (primary N) is 2. The largest absolute Gasteiger partial charge is 0.393 e. The van der Waals surface area contributed by atoms with E-state index >= 15 is 0 Å². The van der Waals surface area contributed by atoms with Gasteiger partial charge in [-0.15, -0.1) is 0 Å². The van der Waals surface area contributed by atoms with Crippen molar-refractivity contribution in [2.45, 2.75) is 13.8 Å². The average molecular weight is 394 g/mol. The Balaban J connectivity index is 0.000000280. The van der Waals surface area contributed by atoms with E-state index in [9.17, 15) is 40.5 Å². The van der Waals surface area contributed by atoms with Crippen LogP contribution in [-0.2, 0) is 0 Å². The number of benzene rings is 2. The highest BCUT2D eigenvalue weighted by Gasteiger charge is 2.21. The lowest BCUT2D eigenvalue weighted by Crippen LogP contribution is -2.00. The summed E-state index contributed by atoms with van der Waals surface area (Å²) in [6, 6.07) is 4.13. The number of hydrogen-bond acceptors (Lipinski definition) is 10. The lowest BCUT2D eigenvalue weighted by atomic mass is 10.1. The van der Waals surface area contributed by atoms with Gasteiger partial charge in [-0.25, -0.2) is 0 Å². The van der Waals surface area contributed by atoms with Crippen LogP contribution in [0.15, 0.2) is 24.3 Å². The molecule has 28 heavy (non-hydrogen) atoms. The topological polar surface area (TPSA) is 225 Å². The summed E-state index contributed by atoms with van der Waals surface area (Å²) in [5, 5.41) is 41.7. The van der Waals surface area contributed by atoms with Crippen molar-refractivity contribution in [2.75, 3.05) is 11.5 Å². The summed E-state index contributed by atoms with van der Waals surface area (Å²) in [5.74, 6) is 0. The quantitative estimate of drug-likeness (QED) is 0.437. The highest BCUT2D eigenvalue weighted by atomic mass is 16.6. The third-order valence-electron chi connectivity index (χ3n) is 3.50. The van der Waals surface area contributed by atoms with E-state index in [1.54, 1.807) is 0 Å². The summed E-state index contributed by atoms with van der Waals surface area (Å²) < 4.78 is 0. The smallest absolute Gasteiger partial charge is 0.299 e. The molecule has 0 spiro atoms. The van der Waals surface area contributed by atoms with E-state index in [0.29, 0.717) is 11.1 Å². The van der Waals surface area contributed by atoms with Crippen molar-refractivity contribution < 1.29 is 19.7 Å². The fraction of sp³-hybridized carbons (Fsp3) is 0.143. The van der Waals surface area contributed by atoms with Gasteiger partial charge in [-0.2, -0.15) is 0 Å². The third kappa shape index (κ3) is 4.84. The molecule has 2 aromatic carbocycles. The van der Waals surface area contributed by atoms with Gasteiger partial charge in [0.1, 0.15) is 11.4 Å². The van der Waals surface area contributed by atoms with Crippen LogP contribution in [0.2, 0.25) is 0 Å². The highest BCUT2D eigenvalue weighted by Crippen LogP contribution is 2.30. The van der Waals surface area contributed by atoms with Crippen LogP contribution < -0.4 is 11.5 Å². The van der Waals surface area contributed by atoms with E-state index in [4.69, 9.17) is 11.5 Å². The summed E-state index contributed by atoms with van der Waals surface area (Å²) in [6.45, 7) is 2.95. The molecule has 0 unspecified atom stereocenters. The Morgan fingerprint density at radius 2 is 1.14 bits per heavy atom. The maximum atomic E-state index is 10.5. The number of nitro groups is 4. The van der Waals surface area contributed by atoms with Crippen LogP contribution >= 0.6 is 0 Å². The van der Waals surface area contributed by atoms with E-state index < -0.39 is 31.1 Å². The summed E-state index contributed by atoms with van der Waals surface area (Å²) >= 11 is 0. The molecule has 0 aliphatic rings. The van der Waals surface area contributed by atoms with Crippen molar-refractivity contribution in [3.05, 3.63) is 75.8 Å². The van der Waals surface area contributed by atoms with E-state index in [2.05, 4.69) is 0 Å². The van der Waals surface area contributed by atoms with Crippen LogP contribution in [0.4, 0.5) is 34.1 Å². The Morgan fingerprint density at radius 3 is 1.57 bits per heavy atom. The molecule has 0 aliphatic heterocycles. The molecule has 2 rings (SSSR count). The highest BCUT2D eigenvalue weighted by molar-refractivity contribution is 5.67. The minimum absolute atomic E-state index is 0.0411. The number of aryl methyl sites for hydroxylation is 2. The number of non-ortho nitro benzene ring substituents is 1. The fourth-order valence-electron chi connectivity index (χ4n) is 2.08. The average Bonchev–Trinajstić information content (AvgIpc) is 2.56. The van der Waals surface area contributed by atoms with Gasteiger partial charge in [-0.3, -0.25) is 40.5 Å². The lowest BCUT2D eigenvalue weighted by Gasteiger charge is -2.00. The summed E-state index contributed by atoms with van der Waals surface area (Å²) in [6.07, 6.45) is 0. The van der Waals surface area contributed by atoms with Crippen LogP contribution in [0.3, 0.4) is 0 Å². The SMILES string of the molecule is Cc1cc(N)c([N+](=O)[O-])cc1[N+](=O)[O-].Cc1cc([N+](=O)[O-])cc([N+](=O)[O-])c1N. The zero-order valence-corrected chi connectivity index (χ0v) is 14.5. The predicted octanol–water partition coefficient (Wildman–Crippen LogP) is 2.79. The van der Waals surface area contributed by atoms with E-state index in [1.807, 2.05) is 0 Å². The molecule has 0 fully saturated rings. The summed E-state index contributed by atoms with van der Waals surface area (Å²) in [5.41, 5.74) is 9.73. The Bertz CT molecular complexity index is 955. The number of nitrogens with zero attached hydrogens (tertiary/aromatic N) is 4. The third-order valence-corrected chi connectivity index (χ3v) is 3.50. The molecule has 14 nitrogen and oxygen atoms in total. The molecule has 0 aromatic heterocycles. The molecule has 0 aliphatic carbocycles. The van der Waals surface area contributed by atoms with Crippen molar-refractivity contribution in [3.63, 3.8) is 0 Å². The number of rotatable bonds is 4. The van der Waals surface area contributed by atoms with Gasteiger partial charge in [0.2, 0.25) is 0 Å². The molecule has 0 amide bonds. The normalized spacial score (nSPS) is 9.79. The first kappa shape index (κ1) is 21.7. The van der Waals surface area contributed by atoms with Crippen molar-refractivity contribution in [1.82, 2.24) is 0 Å². The van der Waals surface area contributed by atoms with Crippen LogP contribution in [0.1, 0.15) is 11.1 Å². The van der Waals surface area contributed by atoms with Gasteiger partial charge in [0.25, 0.3) is 22.7 Å². The molecular weight excluding hydrogens is 380 g/mol. The van der Waals surface area contributed by atoms with E-state index in [0.717, 1.165) is 12.1 Å². The fourth-order valence-corrected chi connectivity index (χ4v) is 2.08. The lowest BCUT2D eigenvalue weighted by molar-refractivity contribution is -0.394. The molecule has 0 saturated heterocycles. The second kappa shape index (κ2) is 8.35. The molecule has 148 valence electrons. The molecule has 0 bridgehead atoms.